The van der Waals surface area contributed by atoms with E-state index in [2.05, 4.69) is 6.92 Å². The number of hydrogen-bond acceptors (Lipinski definition) is 2. The highest BCUT2D eigenvalue weighted by Gasteiger charge is 2.31. The molecule has 19 heavy (non-hydrogen) atoms. The minimum absolute atomic E-state index is 0.104. The van der Waals surface area contributed by atoms with Crippen LogP contribution in [0, 0.1) is 11.8 Å². The van der Waals surface area contributed by atoms with Crippen LogP contribution in [-0.4, -0.2) is 23.9 Å². The fourth-order valence-electron chi connectivity index (χ4n) is 4.11. The van der Waals surface area contributed by atoms with Crippen molar-refractivity contribution >= 4 is 0 Å². The second-order valence-corrected chi connectivity index (χ2v) is 6.63. The number of rotatable bonds is 6. The summed E-state index contributed by atoms with van der Waals surface area (Å²) in [5.74, 6) is 1.35. The Morgan fingerprint density at radius 3 is 2.11 bits per heavy atom. The Morgan fingerprint density at radius 1 is 0.947 bits per heavy atom. The summed E-state index contributed by atoms with van der Waals surface area (Å²) in [4.78, 5) is 0. The van der Waals surface area contributed by atoms with Gasteiger partial charge in [-0.1, -0.05) is 51.4 Å². The maximum absolute atomic E-state index is 10.6. The van der Waals surface area contributed by atoms with Crippen molar-refractivity contribution in [3.63, 3.8) is 0 Å². The van der Waals surface area contributed by atoms with Gasteiger partial charge in [0.05, 0.1) is 12.2 Å². The minimum atomic E-state index is -0.230. The van der Waals surface area contributed by atoms with Gasteiger partial charge in [0.1, 0.15) is 0 Å². The Labute approximate surface area is 118 Å². The van der Waals surface area contributed by atoms with Crippen LogP contribution in [0.3, 0.4) is 0 Å². The lowest BCUT2D eigenvalue weighted by Gasteiger charge is -2.35. The average Bonchev–Trinajstić information content (AvgIpc) is 2.46. The van der Waals surface area contributed by atoms with E-state index in [-0.39, 0.29) is 12.2 Å². The van der Waals surface area contributed by atoms with Crippen LogP contribution < -0.4 is 0 Å². The van der Waals surface area contributed by atoms with Crippen molar-refractivity contribution in [2.75, 3.05) is 6.61 Å². The predicted octanol–water partition coefficient (Wildman–Crippen LogP) is 4.30. The van der Waals surface area contributed by atoms with Gasteiger partial charge in [-0.2, -0.15) is 0 Å². The molecule has 0 aliphatic heterocycles. The van der Waals surface area contributed by atoms with Gasteiger partial charge in [-0.15, -0.1) is 0 Å². The molecule has 2 aliphatic carbocycles. The molecule has 2 rings (SSSR count). The molecule has 2 aliphatic rings. The summed E-state index contributed by atoms with van der Waals surface area (Å²) in [7, 11) is 0. The molecule has 2 saturated carbocycles. The second-order valence-electron chi connectivity index (χ2n) is 6.63. The van der Waals surface area contributed by atoms with Crippen LogP contribution in [0.4, 0.5) is 0 Å². The maximum atomic E-state index is 10.6. The normalized spacial score (nSPS) is 26.2. The number of aliphatic hydroxyl groups is 1. The third-order valence-corrected chi connectivity index (χ3v) is 5.15. The van der Waals surface area contributed by atoms with E-state index in [9.17, 15) is 5.11 Å². The van der Waals surface area contributed by atoms with Gasteiger partial charge >= 0.3 is 0 Å². The van der Waals surface area contributed by atoms with Gasteiger partial charge in [0.2, 0.25) is 0 Å². The molecule has 0 saturated heterocycles. The lowest BCUT2D eigenvalue weighted by atomic mass is 9.79. The summed E-state index contributed by atoms with van der Waals surface area (Å²) in [5, 5.41) is 10.6. The van der Waals surface area contributed by atoms with Gasteiger partial charge < -0.3 is 9.84 Å². The van der Waals surface area contributed by atoms with Gasteiger partial charge in [-0.3, -0.25) is 0 Å². The molecule has 0 aromatic carbocycles. The molecule has 0 bridgehead atoms. The second kappa shape index (κ2) is 8.26. The van der Waals surface area contributed by atoms with E-state index in [0.29, 0.717) is 5.92 Å². The Hall–Kier alpha value is -0.0800. The van der Waals surface area contributed by atoms with Crippen molar-refractivity contribution in [2.24, 2.45) is 11.8 Å². The summed E-state index contributed by atoms with van der Waals surface area (Å²) in [6, 6.07) is 0. The fraction of sp³-hybridized carbons (Fsp3) is 1.00. The highest BCUT2D eigenvalue weighted by Crippen LogP contribution is 2.33. The first-order valence-electron chi connectivity index (χ1n) is 8.61. The maximum Gasteiger partial charge on any atom is 0.0861 e. The van der Waals surface area contributed by atoms with Crippen molar-refractivity contribution in [3.8, 4) is 0 Å². The van der Waals surface area contributed by atoms with Gasteiger partial charge in [-0.25, -0.2) is 0 Å². The van der Waals surface area contributed by atoms with Crippen LogP contribution in [-0.2, 0) is 4.74 Å². The highest BCUT2D eigenvalue weighted by atomic mass is 16.5. The monoisotopic (exact) mass is 268 g/mol. The molecule has 0 aromatic heterocycles. The van der Waals surface area contributed by atoms with Crippen LogP contribution in [0.1, 0.15) is 77.6 Å². The van der Waals surface area contributed by atoms with Gasteiger partial charge in [0.15, 0.2) is 0 Å². The van der Waals surface area contributed by atoms with Gasteiger partial charge in [0, 0.05) is 6.61 Å². The summed E-state index contributed by atoms with van der Waals surface area (Å²) in [5.41, 5.74) is 0. The van der Waals surface area contributed by atoms with Crippen molar-refractivity contribution in [1.29, 1.82) is 0 Å². The predicted molar refractivity (Wildman–Crippen MR) is 79.2 cm³/mol. The zero-order valence-corrected chi connectivity index (χ0v) is 12.7. The zero-order chi connectivity index (χ0) is 13.5. The first kappa shape index (κ1) is 15.3. The largest absolute Gasteiger partial charge is 0.390 e. The lowest BCUT2D eigenvalue weighted by Crippen LogP contribution is -2.38. The molecule has 2 unspecified atom stereocenters. The first-order chi connectivity index (χ1) is 9.31. The van der Waals surface area contributed by atoms with E-state index >= 15 is 0 Å². The molecular weight excluding hydrogens is 236 g/mol. The molecule has 2 heteroatoms. The highest BCUT2D eigenvalue weighted by molar-refractivity contribution is 4.82. The lowest BCUT2D eigenvalue weighted by molar-refractivity contribution is -0.0806. The van der Waals surface area contributed by atoms with Crippen molar-refractivity contribution in [3.05, 3.63) is 0 Å². The average molecular weight is 268 g/mol. The summed E-state index contributed by atoms with van der Waals surface area (Å²) in [6.45, 7) is 2.80. The van der Waals surface area contributed by atoms with Crippen molar-refractivity contribution in [1.82, 2.24) is 0 Å². The van der Waals surface area contributed by atoms with Crippen LogP contribution >= 0.6 is 0 Å². The van der Waals surface area contributed by atoms with E-state index in [1.807, 2.05) is 0 Å². The molecule has 2 nitrogen and oxygen atoms in total. The third-order valence-electron chi connectivity index (χ3n) is 5.15. The van der Waals surface area contributed by atoms with E-state index in [1.165, 1.54) is 64.2 Å². The quantitative estimate of drug-likeness (QED) is 0.778. The van der Waals surface area contributed by atoms with E-state index in [1.54, 1.807) is 0 Å². The topological polar surface area (TPSA) is 29.5 Å². The molecule has 2 atom stereocenters. The molecule has 112 valence electrons. The fourth-order valence-corrected chi connectivity index (χ4v) is 4.11. The van der Waals surface area contributed by atoms with Gasteiger partial charge in [-0.05, 0) is 38.0 Å². The van der Waals surface area contributed by atoms with E-state index < -0.39 is 0 Å². The summed E-state index contributed by atoms with van der Waals surface area (Å²) >= 11 is 0. The molecule has 0 aromatic rings. The SMILES string of the molecule is CCOC(C(O)CC1CCCCC1)C1CCCCC1. The van der Waals surface area contributed by atoms with Crippen LogP contribution in [0.15, 0.2) is 0 Å². The molecule has 0 radical (unpaired) electrons. The van der Waals surface area contributed by atoms with Crippen LogP contribution in [0.2, 0.25) is 0 Å². The van der Waals surface area contributed by atoms with Crippen molar-refractivity contribution in [2.45, 2.75) is 89.8 Å². The molecule has 1 N–H and O–H groups in total. The van der Waals surface area contributed by atoms with Crippen LogP contribution in [0.5, 0.6) is 0 Å². The molecule has 2 fully saturated rings. The molecule has 0 spiro atoms. The molecular formula is C17H32O2. The Kier molecular flexibility index (Phi) is 6.66. The van der Waals surface area contributed by atoms with Crippen LogP contribution in [0.25, 0.3) is 0 Å². The Balaban J connectivity index is 1.85. The number of hydrogen-bond donors (Lipinski definition) is 1. The van der Waals surface area contributed by atoms with E-state index in [0.717, 1.165) is 18.9 Å². The molecule has 0 heterocycles. The standard InChI is InChI=1S/C17H32O2/c1-2-19-17(15-11-7-4-8-12-15)16(18)13-14-9-5-3-6-10-14/h14-18H,2-13H2,1H3. The smallest absolute Gasteiger partial charge is 0.0861 e. The number of ether oxygens (including phenoxy) is 1. The van der Waals surface area contributed by atoms with Gasteiger partial charge in [0.25, 0.3) is 0 Å². The Morgan fingerprint density at radius 2 is 1.53 bits per heavy atom. The zero-order valence-electron chi connectivity index (χ0n) is 12.7. The number of aliphatic hydroxyl groups excluding tert-OH is 1. The third kappa shape index (κ3) is 4.75. The van der Waals surface area contributed by atoms with E-state index in [4.69, 9.17) is 4.74 Å². The summed E-state index contributed by atoms with van der Waals surface area (Å²) in [6.07, 6.45) is 14.1. The summed E-state index contributed by atoms with van der Waals surface area (Å²) < 4.78 is 5.93. The minimum Gasteiger partial charge on any atom is -0.390 e. The first-order valence-corrected chi connectivity index (χ1v) is 8.61. The molecule has 0 amide bonds. The van der Waals surface area contributed by atoms with Crippen molar-refractivity contribution < 1.29 is 9.84 Å². The Bertz CT molecular complexity index is 229.